The lowest BCUT2D eigenvalue weighted by atomic mass is 10.0. The first kappa shape index (κ1) is 33.9. The highest BCUT2D eigenvalue weighted by Gasteiger charge is 2.27. The number of carbonyl (C=O) groups is 2. The van der Waals surface area contributed by atoms with Crippen LogP contribution in [0.3, 0.4) is 0 Å². The number of benzene rings is 1. The van der Waals surface area contributed by atoms with E-state index in [1.165, 1.54) is 70.6 Å². The molecule has 0 aliphatic carbocycles. The largest absolute Gasteiger partial charge is 0.458 e. The molecule has 0 saturated carbocycles. The zero-order valence-electron chi connectivity index (χ0n) is 25.6. The first-order valence-electron chi connectivity index (χ1n) is 15.0. The monoisotopic (exact) mass is 529 g/mol. The Morgan fingerprint density at radius 2 is 1.37 bits per heavy atom. The Hall–Kier alpha value is -2.14. The zero-order chi connectivity index (χ0) is 28.4. The van der Waals surface area contributed by atoms with Crippen molar-refractivity contribution in [2.24, 2.45) is 0 Å². The molecule has 0 fully saturated rings. The normalized spacial score (nSPS) is 13.3. The molecule has 216 valence electrons. The molecule has 1 rings (SSSR count). The molecule has 1 N–H and O–H groups in total. The molecular formula is C33H57N2O3+. The number of hydrogen-bond acceptors (Lipinski definition) is 3. The van der Waals surface area contributed by atoms with E-state index in [0.717, 1.165) is 24.2 Å². The summed E-state index contributed by atoms with van der Waals surface area (Å²) < 4.78 is 6.26. The van der Waals surface area contributed by atoms with Crippen molar-refractivity contribution in [3.05, 3.63) is 47.7 Å². The van der Waals surface area contributed by atoms with Gasteiger partial charge in [0.25, 0.3) is 0 Å². The molecule has 1 amide bonds. The van der Waals surface area contributed by atoms with Gasteiger partial charge in [-0.1, -0.05) is 101 Å². The highest BCUT2D eigenvalue weighted by atomic mass is 16.6. The van der Waals surface area contributed by atoms with E-state index in [9.17, 15) is 9.59 Å². The van der Waals surface area contributed by atoms with E-state index in [1.807, 2.05) is 58.0 Å². The van der Waals surface area contributed by atoms with Gasteiger partial charge < -0.3 is 10.1 Å². The number of unbranched alkanes of at least 4 members (excludes halogenated alkanes) is 11. The summed E-state index contributed by atoms with van der Waals surface area (Å²) in [5.41, 5.74) is 1.34. The van der Waals surface area contributed by atoms with Gasteiger partial charge in [-0.25, -0.2) is 4.79 Å². The number of quaternary nitrogens is 1. The number of rotatable bonds is 19. The topological polar surface area (TPSA) is 55.4 Å². The van der Waals surface area contributed by atoms with Gasteiger partial charge in [0, 0.05) is 13.3 Å². The third-order valence-corrected chi connectivity index (χ3v) is 7.16. The van der Waals surface area contributed by atoms with Gasteiger partial charge in [0.1, 0.15) is 17.3 Å². The number of nitrogens with one attached hydrogen (secondary N) is 1. The van der Waals surface area contributed by atoms with Crippen molar-refractivity contribution in [2.75, 3.05) is 20.6 Å². The molecule has 0 radical (unpaired) electrons. The number of hydrogen-bond donors (Lipinski definition) is 1. The summed E-state index contributed by atoms with van der Waals surface area (Å²) in [7, 11) is 4.29. The van der Waals surface area contributed by atoms with Crippen LogP contribution in [0.4, 0.5) is 0 Å². The molecule has 38 heavy (non-hydrogen) atoms. The third-order valence-electron chi connectivity index (χ3n) is 7.16. The van der Waals surface area contributed by atoms with E-state index >= 15 is 0 Å². The summed E-state index contributed by atoms with van der Waals surface area (Å²) in [6, 6.07) is 8.98. The lowest BCUT2D eigenvalue weighted by Gasteiger charge is -2.30. The fourth-order valence-electron chi connectivity index (χ4n) is 4.52. The molecular weight excluding hydrogens is 472 g/mol. The minimum absolute atomic E-state index is 0.254. The van der Waals surface area contributed by atoms with E-state index in [-0.39, 0.29) is 5.91 Å². The Morgan fingerprint density at radius 3 is 1.87 bits per heavy atom. The summed E-state index contributed by atoms with van der Waals surface area (Å²) in [6.45, 7) is 10.8. The van der Waals surface area contributed by atoms with Gasteiger partial charge in [-0.2, -0.15) is 0 Å². The van der Waals surface area contributed by atoms with Crippen LogP contribution >= 0.6 is 0 Å². The Balaban J connectivity index is 2.49. The molecule has 0 unspecified atom stereocenters. The van der Waals surface area contributed by atoms with Crippen LogP contribution in [0, 0.1) is 0 Å². The van der Waals surface area contributed by atoms with Crippen LogP contribution in [-0.4, -0.2) is 48.6 Å². The Morgan fingerprint density at radius 1 is 0.868 bits per heavy atom. The van der Waals surface area contributed by atoms with Gasteiger partial charge in [-0.3, -0.25) is 9.28 Å². The molecule has 0 spiro atoms. The van der Waals surface area contributed by atoms with Crippen molar-refractivity contribution < 1.29 is 18.8 Å². The quantitative estimate of drug-likeness (QED) is 0.0863. The van der Waals surface area contributed by atoms with Gasteiger partial charge in [-0.05, 0) is 39.2 Å². The van der Waals surface area contributed by atoms with Crippen LogP contribution < -0.4 is 5.32 Å². The summed E-state index contributed by atoms with van der Waals surface area (Å²) in [5, 5.41) is 2.91. The van der Waals surface area contributed by atoms with Crippen LogP contribution in [0.15, 0.2) is 42.1 Å². The van der Waals surface area contributed by atoms with Crippen molar-refractivity contribution in [2.45, 2.75) is 130 Å². The minimum atomic E-state index is -0.736. The van der Waals surface area contributed by atoms with E-state index in [2.05, 4.69) is 26.3 Å². The van der Waals surface area contributed by atoms with E-state index in [0.29, 0.717) is 10.9 Å². The number of esters is 1. The smallest absolute Gasteiger partial charge is 0.329 e. The SMILES string of the molecule is CCCCCCCCCCCCCC[N+](C)(C)/C(C)=C/C(=O)N[C@@H](Cc1ccccc1)C(=O)OC(C)(C)C. The summed E-state index contributed by atoms with van der Waals surface area (Å²) >= 11 is 0. The Bertz CT molecular complexity index is 824. The minimum Gasteiger partial charge on any atom is -0.458 e. The molecule has 0 aromatic heterocycles. The maximum atomic E-state index is 12.9. The second kappa shape index (κ2) is 18.2. The molecule has 1 aromatic rings. The fourth-order valence-corrected chi connectivity index (χ4v) is 4.52. The first-order valence-corrected chi connectivity index (χ1v) is 15.0. The van der Waals surface area contributed by atoms with Crippen molar-refractivity contribution in [1.82, 2.24) is 5.32 Å². The number of ether oxygens (including phenoxy) is 1. The summed E-state index contributed by atoms with van der Waals surface area (Å²) in [5.74, 6) is -0.666. The molecule has 5 nitrogen and oxygen atoms in total. The predicted octanol–water partition coefficient (Wildman–Crippen LogP) is 7.74. The number of nitrogens with zero attached hydrogens (tertiary/aromatic N) is 1. The maximum absolute atomic E-state index is 12.9. The number of carbonyl (C=O) groups excluding carboxylic acids is 2. The van der Waals surface area contributed by atoms with Crippen LogP contribution in [0.25, 0.3) is 0 Å². The zero-order valence-corrected chi connectivity index (χ0v) is 25.6. The second-order valence-electron chi connectivity index (χ2n) is 12.4. The molecule has 0 heterocycles. The van der Waals surface area contributed by atoms with Gasteiger partial charge in [-0.15, -0.1) is 0 Å². The highest BCUT2D eigenvalue weighted by molar-refractivity contribution is 5.92. The van der Waals surface area contributed by atoms with Crippen molar-refractivity contribution >= 4 is 11.9 Å². The van der Waals surface area contributed by atoms with E-state index < -0.39 is 17.6 Å². The lowest BCUT2D eigenvalue weighted by molar-refractivity contribution is -0.852. The summed E-state index contributed by atoms with van der Waals surface area (Å²) in [6.07, 6.45) is 18.1. The van der Waals surface area contributed by atoms with Gasteiger partial charge in [0.15, 0.2) is 0 Å². The van der Waals surface area contributed by atoms with Crippen molar-refractivity contribution in [3.8, 4) is 0 Å². The predicted molar refractivity (Wildman–Crippen MR) is 160 cm³/mol. The molecule has 0 bridgehead atoms. The Kier molecular flexibility index (Phi) is 16.2. The average Bonchev–Trinajstić information content (AvgIpc) is 2.83. The summed E-state index contributed by atoms with van der Waals surface area (Å²) in [4.78, 5) is 25.8. The van der Waals surface area contributed by atoms with Crippen molar-refractivity contribution in [3.63, 3.8) is 0 Å². The Labute approximate surface area is 234 Å². The van der Waals surface area contributed by atoms with Crippen LogP contribution in [0.2, 0.25) is 0 Å². The van der Waals surface area contributed by atoms with E-state index in [1.54, 1.807) is 6.08 Å². The maximum Gasteiger partial charge on any atom is 0.329 e. The molecule has 1 atom stereocenters. The molecule has 0 saturated heterocycles. The second-order valence-corrected chi connectivity index (χ2v) is 12.4. The van der Waals surface area contributed by atoms with Crippen LogP contribution in [0.1, 0.15) is 117 Å². The standard InChI is InChI=1S/C33H56N2O3/c1-8-9-10-11-12-13-14-15-16-17-18-22-25-35(6,7)28(2)26-31(36)34-30(32(37)38-33(3,4)5)27-29-23-20-19-21-24-29/h19-21,23-24,26,30H,8-18,22,25,27H2,1-7H3/p+1/b28-26+/t30-/m0/s1. The first-order chi connectivity index (χ1) is 17.9. The fraction of sp³-hybridized carbons (Fsp3) is 0.697. The number of allylic oxidation sites excluding steroid dienone is 1. The van der Waals surface area contributed by atoms with E-state index in [4.69, 9.17) is 4.74 Å². The molecule has 0 aliphatic heterocycles. The van der Waals surface area contributed by atoms with Gasteiger partial charge in [0.2, 0.25) is 5.91 Å². The van der Waals surface area contributed by atoms with Crippen LogP contribution in [0.5, 0.6) is 0 Å². The molecule has 0 aliphatic rings. The third kappa shape index (κ3) is 16.0. The average molecular weight is 530 g/mol. The van der Waals surface area contributed by atoms with Crippen molar-refractivity contribution in [1.29, 1.82) is 0 Å². The molecule has 1 aromatic carbocycles. The van der Waals surface area contributed by atoms with Gasteiger partial charge >= 0.3 is 5.97 Å². The number of amides is 1. The van der Waals surface area contributed by atoms with Gasteiger partial charge in [0.05, 0.1) is 26.7 Å². The molecule has 5 heteroatoms. The lowest BCUT2D eigenvalue weighted by Crippen LogP contribution is -2.46. The van der Waals surface area contributed by atoms with Crippen LogP contribution in [-0.2, 0) is 20.7 Å². The highest BCUT2D eigenvalue weighted by Crippen LogP contribution is 2.16.